The van der Waals surface area contributed by atoms with Crippen molar-refractivity contribution in [3.8, 4) is 44.5 Å². The summed E-state index contributed by atoms with van der Waals surface area (Å²) in [5.74, 6) is 0. The summed E-state index contributed by atoms with van der Waals surface area (Å²) < 4.78 is 0. The first-order valence-electron chi connectivity index (χ1n) is 17.2. The lowest BCUT2D eigenvalue weighted by atomic mass is 9.70. The Balaban J connectivity index is 1.27. The van der Waals surface area contributed by atoms with E-state index >= 15 is 0 Å². The van der Waals surface area contributed by atoms with Gasteiger partial charge in [0.25, 0.3) is 0 Å². The zero-order valence-corrected chi connectivity index (χ0v) is 26.8. The summed E-state index contributed by atoms with van der Waals surface area (Å²) in [6.45, 7) is 0. The molecule has 0 saturated heterocycles. The molecule has 0 radical (unpaired) electrons. The number of benzene rings is 9. The smallest absolute Gasteiger partial charge is 0.0619 e. The van der Waals surface area contributed by atoms with Crippen LogP contribution in [0.2, 0.25) is 0 Å². The molecule has 0 saturated carbocycles. The van der Waals surface area contributed by atoms with Crippen molar-refractivity contribution in [1.82, 2.24) is 0 Å². The minimum atomic E-state index is -0.369. The molecule has 0 bridgehead atoms. The predicted molar refractivity (Wildman–Crippen MR) is 206 cm³/mol. The van der Waals surface area contributed by atoms with E-state index in [1.165, 1.54) is 99.1 Å². The van der Waals surface area contributed by atoms with Crippen LogP contribution in [0.1, 0.15) is 22.3 Å². The Labute approximate surface area is 285 Å². The molecule has 11 rings (SSSR count). The van der Waals surface area contributed by atoms with Crippen molar-refractivity contribution in [3.63, 3.8) is 0 Å². The Hall–Kier alpha value is -6.24. The Kier molecular flexibility index (Phi) is 5.41. The highest BCUT2D eigenvalue weighted by atomic mass is 14.5. The van der Waals surface area contributed by atoms with Gasteiger partial charge in [-0.15, -0.1) is 0 Å². The van der Waals surface area contributed by atoms with Crippen LogP contribution in [-0.2, 0) is 5.41 Å². The minimum absolute atomic E-state index is 0.369. The molecule has 0 heteroatoms. The standard InChI is InChI=1S/C49H30/c1-2-15-32-30-33(29-28-31(32)14-1)46-36-18-3-5-20-38(36)47(39-21-6-4-19-37(39)46)41-23-13-27-45-48(41)40-22-9-12-26-44(40)49(45)42-24-10-7-16-34(42)35-17-8-11-25-43(35)49/h1-30H. The summed E-state index contributed by atoms with van der Waals surface area (Å²) >= 11 is 0. The second kappa shape index (κ2) is 9.89. The first-order valence-corrected chi connectivity index (χ1v) is 17.2. The summed E-state index contributed by atoms with van der Waals surface area (Å²) in [5.41, 5.74) is 15.6. The van der Waals surface area contributed by atoms with Crippen LogP contribution in [0, 0.1) is 0 Å². The van der Waals surface area contributed by atoms with Gasteiger partial charge in [0.05, 0.1) is 5.41 Å². The van der Waals surface area contributed by atoms with Gasteiger partial charge in [0.2, 0.25) is 0 Å². The van der Waals surface area contributed by atoms with Crippen LogP contribution in [0.4, 0.5) is 0 Å². The number of fused-ring (bicyclic) bond motifs is 13. The topological polar surface area (TPSA) is 0 Å². The van der Waals surface area contributed by atoms with E-state index in [-0.39, 0.29) is 5.41 Å². The van der Waals surface area contributed by atoms with Crippen LogP contribution in [-0.4, -0.2) is 0 Å². The second-order valence-electron chi connectivity index (χ2n) is 13.5. The fraction of sp³-hybridized carbons (Fsp3) is 0.0204. The van der Waals surface area contributed by atoms with Gasteiger partial charge in [0.15, 0.2) is 0 Å². The Morgan fingerprint density at radius 1 is 0.265 bits per heavy atom. The summed E-state index contributed by atoms with van der Waals surface area (Å²) in [4.78, 5) is 0. The lowest BCUT2D eigenvalue weighted by Gasteiger charge is -2.30. The fourth-order valence-corrected chi connectivity index (χ4v) is 9.43. The predicted octanol–water partition coefficient (Wildman–Crippen LogP) is 12.8. The van der Waals surface area contributed by atoms with Gasteiger partial charge in [0, 0.05) is 0 Å². The molecule has 0 aliphatic heterocycles. The second-order valence-corrected chi connectivity index (χ2v) is 13.5. The Bertz CT molecular complexity index is 2730. The van der Waals surface area contributed by atoms with E-state index in [4.69, 9.17) is 0 Å². The zero-order chi connectivity index (χ0) is 32.1. The summed E-state index contributed by atoms with van der Waals surface area (Å²) in [7, 11) is 0. The molecule has 226 valence electrons. The number of hydrogen-bond donors (Lipinski definition) is 0. The average Bonchev–Trinajstić information content (AvgIpc) is 3.64. The largest absolute Gasteiger partial charge is 0.0725 e. The first-order chi connectivity index (χ1) is 24.3. The highest BCUT2D eigenvalue weighted by Gasteiger charge is 2.52. The molecule has 0 heterocycles. The van der Waals surface area contributed by atoms with Crippen molar-refractivity contribution in [2.24, 2.45) is 0 Å². The summed E-state index contributed by atoms with van der Waals surface area (Å²) in [6.07, 6.45) is 0. The molecule has 0 unspecified atom stereocenters. The molecule has 49 heavy (non-hydrogen) atoms. The monoisotopic (exact) mass is 618 g/mol. The van der Waals surface area contributed by atoms with E-state index in [2.05, 4.69) is 182 Å². The van der Waals surface area contributed by atoms with Crippen LogP contribution >= 0.6 is 0 Å². The molecule has 0 N–H and O–H groups in total. The van der Waals surface area contributed by atoms with Crippen molar-refractivity contribution < 1.29 is 0 Å². The van der Waals surface area contributed by atoms with Crippen molar-refractivity contribution in [2.75, 3.05) is 0 Å². The maximum Gasteiger partial charge on any atom is 0.0725 e. The molecule has 0 amide bonds. The highest BCUT2D eigenvalue weighted by molar-refractivity contribution is 6.23. The van der Waals surface area contributed by atoms with E-state index in [1.807, 2.05) is 0 Å². The zero-order valence-electron chi connectivity index (χ0n) is 26.8. The van der Waals surface area contributed by atoms with E-state index in [0.29, 0.717) is 0 Å². The normalized spacial score (nSPS) is 13.5. The van der Waals surface area contributed by atoms with Gasteiger partial charge in [-0.25, -0.2) is 0 Å². The molecule has 0 nitrogen and oxygen atoms in total. The quantitative estimate of drug-likeness (QED) is 0.169. The van der Waals surface area contributed by atoms with Gasteiger partial charge in [-0.1, -0.05) is 176 Å². The van der Waals surface area contributed by atoms with Crippen molar-refractivity contribution >= 4 is 32.3 Å². The molecule has 0 atom stereocenters. The third-order valence-electron chi connectivity index (χ3n) is 11.3. The summed E-state index contributed by atoms with van der Waals surface area (Å²) in [6, 6.07) is 68.0. The SMILES string of the molecule is c1ccc2c(c1)-c1ccccc1C21c2ccccc2-c2c(-c3c4ccccc4c(-c4ccc5ccccc5c4)c4ccccc34)cccc21. The fourth-order valence-electron chi connectivity index (χ4n) is 9.43. The van der Waals surface area contributed by atoms with Crippen LogP contribution in [0.15, 0.2) is 182 Å². The van der Waals surface area contributed by atoms with Crippen LogP contribution in [0.5, 0.6) is 0 Å². The average molecular weight is 619 g/mol. The van der Waals surface area contributed by atoms with E-state index in [1.54, 1.807) is 0 Å². The van der Waals surface area contributed by atoms with E-state index in [9.17, 15) is 0 Å². The molecular weight excluding hydrogens is 589 g/mol. The highest BCUT2D eigenvalue weighted by Crippen LogP contribution is 2.64. The van der Waals surface area contributed by atoms with Gasteiger partial charge in [-0.05, 0) is 105 Å². The van der Waals surface area contributed by atoms with E-state index < -0.39 is 0 Å². The van der Waals surface area contributed by atoms with Crippen molar-refractivity contribution in [3.05, 3.63) is 204 Å². The molecule has 1 spiro atoms. The van der Waals surface area contributed by atoms with Gasteiger partial charge in [0.1, 0.15) is 0 Å². The van der Waals surface area contributed by atoms with Crippen LogP contribution in [0.3, 0.4) is 0 Å². The van der Waals surface area contributed by atoms with Crippen LogP contribution in [0.25, 0.3) is 76.8 Å². The van der Waals surface area contributed by atoms with E-state index in [0.717, 1.165) is 0 Å². The molecule has 0 aromatic heterocycles. The third kappa shape index (κ3) is 3.43. The third-order valence-corrected chi connectivity index (χ3v) is 11.3. The molecule has 2 aliphatic carbocycles. The first kappa shape index (κ1) is 26.8. The number of rotatable bonds is 2. The van der Waals surface area contributed by atoms with Crippen molar-refractivity contribution in [2.45, 2.75) is 5.41 Å². The Morgan fingerprint density at radius 2 is 0.714 bits per heavy atom. The van der Waals surface area contributed by atoms with Gasteiger partial charge < -0.3 is 0 Å². The van der Waals surface area contributed by atoms with Crippen molar-refractivity contribution in [1.29, 1.82) is 0 Å². The maximum atomic E-state index is 2.39. The van der Waals surface area contributed by atoms with Gasteiger partial charge in [-0.2, -0.15) is 0 Å². The Morgan fingerprint density at radius 3 is 1.35 bits per heavy atom. The van der Waals surface area contributed by atoms with Gasteiger partial charge >= 0.3 is 0 Å². The molecule has 9 aromatic carbocycles. The van der Waals surface area contributed by atoms with Crippen LogP contribution < -0.4 is 0 Å². The molecular formula is C49H30. The lowest BCUT2D eigenvalue weighted by Crippen LogP contribution is -2.25. The molecule has 0 fully saturated rings. The number of hydrogen-bond acceptors (Lipinski definition) is 0. The molecule has 2 aliphatic rings. The maximum absolute atomic E-state index is 2.39. The lowest BCUT2D eigenvalue weighted by molar-refractivity contribution is 0.794. The van der Waals surface area contributed by atoms with Gasteiger partial charge in [-0.3, -0.25) is 0 Å². The minimum Gasteiger partial charge on any atom is -0.0619 e. The summed E-state index contributed by atoms with van der Waals surface area (Å²) in [5, 5.41) is 7.64. The molecule has 9 aromatic rings.